The van der Waals surface area contributed by atoms with Crippen molar-refractivity contribution in [2.24, 2.45) is 0 Å². The highest BCUT2D eigenvalue weighted by Gasteiger charge is 2.22. The molecule has 2 N–H and O–H groups in total. The molecule has 3 heteroatoms. The van der Waals surface area contributed by atoms with E-state index < -0.39 is 0 Å². The Morgan fingerprint density at radius 1 is 1.14 bits per heavy atom. The summed E-state index contributed by atoms with van der Waals surface area (Å²) < 4.78 is 5.36. The molecule has 2 aliphatic rings. The van der Waals surface area contributed by atoms with E-state index in [9.17, 15) is 0 Å². The molecule has 0 amide bonds. The van der Waals surface area contributed by atoms with Crippen molar-refractivity contribution in [3.8, 4) is 0 Å². The Morgan fingerprint density at radius 2 is 1.93 bits per heavy atom. The van der Waals surface area contributed by atoms with Gasteiger partial charge in [-0.05, 0) is 39.2 Å². The summed E-state index contributed by atoms with van der Waals surface area (Å²) in [6.07, 6.45) is 4.94. The van der Waals surface area contributed by atoms with Gasteiger partial charge in [0.25, 0.3) is 0 Å². The number of piperidine rings is 1. The van der Waals surface area contributed by atoms with Crippen LogP contribution >= 0.6 is 0 Å². The summed E-state index contributed by atoms with van der Waals surface area (Å²) in [5.74, 6) is 0. The van der Waals surface area contributed by atoms with Gasteiger partial charge in [-0.25, -0.2) is 0 Å². The van der Waals surface area contributed by atoms with Gasteiger partial charge in [0.05, 0.1) is 0 Å². The van der Waals surface area contributed by atoms with Crippen molar-refractivity contribution < 1.29 is 4.74 Å². The van der Waals surface area contributed by atoms with Crippen LogP contribution in [0, 0.1) is 0 Å². The summed E-state index contributed by atoms with van der Waals surface area (Å²) in [4.78, 5) is 0. The lowest BCUT2D eigenvalue weighted by atomic mass is 9.98. The molecule has 2 heterocycles. The van der Waals surface area contributed by atoms with E-state index in [-0.39, 0.29) is 0 Å². The molecule has 0 aromatic heterocycles. The largest absolute Gasteiger partial charge is 0.381 e. The first-order chi connectivity index (χ1) is 6.84. The summed E-state index contributed by atoms with van der Waals surface area (Å²) in [5.41, 5.74) is 0. The number of ether oxygens (including phenoxy) is 1. The highest BCUT2D eigenvalue weighted by molar-refractivity contribution is 4.83. The van der Waals surface area contributed by atoms with Gasteiger partial charge in [-0.1, -0.05) is 0 Å². The fraction of sp³-hybridized carbons (Fsp3) is 1.00. The predicted molar refractivity (Wildman–Crippen MR) is 57.5 cm³/mol. The van der Waals surface area contributed by atoms with Crippen LogP contribution in [0.1, 0.15) is 32.6 Å². The first kappa shape index (κ1) is 10.4. The Labute approximate surface area is 86.6 Å². The van der Waals surface area contributed by atoms with Crippen LogP contribution in [0.4, 0.5) is 0 Å². The maximum absolute atomic E-state index is 5.36. The van der Waals surface area contributed by atoms with Crippen molar-refractivity contribution >= 4 is 0 Å². The lowest BCUT2D eigenvalue weighted by Crippen LogP contribution is -2.49. The zero-order valence-corrected chi connectivity index (χ0v) is 9.09. The summed E-state index contributed by atoms with van der Waals surface area (Å²) in [7, 11) is 0. The molecule has 2 saturated heterocycles. The van der Waals surface area contributed by atoms with Crippen molar-refractivity contribution in [1.82, 2.24) is 10.6 Å². The minimum atomic E-state index is 0.682. The Bertz CT molecular complexity index is 169. The summed E-state index contributed by atoms with van der Waals surface area (Å²) >= 11 is 0. The zero-order valence-electron chi connectivity index (χ0n) is 9.09. The summed E-state index contributed by atoms with van der Waals surface area (Å²) in [6, 6.07) is 2.12. The molecule has 0 saturated carbocycles. The highest BCUT2D eigenvalue weighted by Crippen LogP contribution is 2.13. The number of rotatable bonds is 2. The van der Waals surface area contributed by atoms with E-state index in [2.05, 4.69) is 17.6 Å². The highest BCUT2D eigenvalue weighted by atomic mass is 16.5. The lowest BCUT2D eigenvalue weighted by Gasteiger charge is -2.33. The van der Waals surface area contributed by atoms with E-state index >= 15 is 0 Å². The Morgan fingerprint density at radius 3 is 2.64 bits per heavy atom. The standard InChI is InChI=1S/C11H22N2O/c1-9-8-11(2-5-12-9)13-10-3-6-14-7-4-10/h9-13H,2-8H2,1H3. The molecule has 2 atom stereocenters. The van der Waals surface area contributed by atoms with Gasteiger partial charge in [0.2, 0.25) is 0 Å². The summed E-state index contributed by atoms with van der Waals surface area (Å²) in [6.45, 7) is 5.33. The van der Waals surface area contributed by atoms with Crippen LogP contribution in [0.2, 0.25) is 0 Å². The van der Waals surface area contributed by atoms with Gasteiger partial charge in [0.15, 0.2) is 0 Å². The second-order valence-electron chi connectivity index (χ2n) is 4.63. The van der Waals surface area contributed by atoms with E-state index in [0.29, 0.717) is 12.1 Å². The molecule has 0 aliphatic carbocycles. The summed E-state index contributed by atoms with van der Waals surface area (Å²) in [5, 5.41) is 7.25. The van der Waals surface area contributed by atoms with Gasteiger partial charge in [0.1, 0.15) is 0 Å². The lowest BCUT2D eigenvalue weighted by molar-refractivity contribution is 0.0728. The van der Waals surface area contributed by atoms with Crippen molar-refractivity contribution in [3.05, 3.63) is 0 Å². The van der Waals surface area contributed by atoms with Gasteiger partial charge in [-0.2, -0.15) is 0 Å². The molecule has 3 nitrogen and oxygen atoms in total. The maximum Gasteiger partial charge on any atom is 0.0480 e. The Hall–Kier alpha value is -0.120. The zero-order chi connectivity index (χ0) is 9.80. The van der Waals surface area contributed by atoms with Crippen LogP contribution in [0.5, 0.6) is 0 Å². The van der Waals surface area contributed by atoms with Gasteiger partial charge in [-0.3, -0.25) is 0 Å². The minimum Gasteiger partial charge on any atom is -0.381 e. The molecule has 0 aromatic carbocycles. The molecular formula is C11H22N2O. The van der Waals surface area contributed by atoms with Gasteiger partial charge in [-0.15, -0.1) is 0 Å². The molecule has 0 bridgehead atoms. The first-order valence-electron chi connectivity index (χ1n) is 5.92. The van der Waals surface area contributed by atoms with Crippen LogP contribution in [0.25, 0.3) is 0 Å². The number of hydrogen-bond donors (Lipinski definition) is 2. The molecule has 0 radical (unpaired) electrons. The predicted octanol–water partition coefficient (Wildman–Crippen LogP) is 0.895. The molecule has 0 spiro atoms. The molecule has 0 aromatic rings. The van der Waals surface area contributed by atoms with Crippen molar-refractivity contribution in [1.29, 1.82) is 0 Å². The second-order valence-corrected chi connectivity index (χ2v) is 4.63. The molecule has 14 heavy (non-hydrogen) atoms. The van der Waals surface area contributed by atoms with E-state index in [1.54, 1.807) is 0 Å². The van der Waals surface area contributed by atoms with Gasteiger partial charge < -0.3 is 15.4 Å². The van der Waals surface area contributed by atoms with Crippen LogP contribution in [-0.4, -0.2) is 37.9 Å². The van der Waals surface area contributed by atoms with Gasteiger partial charge in [0, 0.05) is 31.3 Å². The third-order valence-electron chi connectivity index (χ3n) is 3.32. The topological polar surface area (TPSA) is 33.3 Å². The number of hydrogen-bond acceptors (Lipinski definition) is 3. The molecule has 2 unspecified atom stereocenters. The third kappa shape index (κ3) is 2.94. The second kappa shape index (κ2) is 5.10. The fourth-order valence-corrected chi connectivity index (χ4v) is 2.48. The number of nitrogens with one attached hydrogen (secondary N) is 2. The minimum absolute atomic E-state index is 0.682. The van der Waals surface area contributed by atoms with E-state index in [4.69, 9.17) is 4.74 Å². The smallest absolute Gasteiger partial charge is 0.0480 e. The van der Waals surface area contributed by atoms with Crippen LogP contribution < -0.4 is 10.6 Å². The van der Waals surface area contributed by atoms with Crippen molar-refractivity contribution in [2.75, 3.05) is 19.8 Å². The van der Waals surface area contributed by atoms with Gasteiger partial charge >= 0.3 is 0 Å². The van der Waals surface area contributed by atoms with Crippen LogP contribution in [0.15, 0.2) is 0 Å². The van der Waals surface area contributed by atoms with Crippen LogP contribution in [0.3, 0.4) is 0 Å². The molecule has 2 aliphatic heterocycles. The maximum atomic E-state index is 5.36. The Kier molecular flexibility index (Phi) is 3.79. The van der Waals surface area contributed by atoms with Crippen LogP contribution in [-0.2, 0) is 4.74 Å². The average molecular weight is 198 g/mol. The van der Waals surface area contributed by atoms with Crippen molar-refractivity contribution in [3.63, 3.8) is 0 Å². The van der Waals surface area contributed by atoms with E-state index in [1.807, 2.05) is 0 Å². The molecule has 2 rings (SSSR count). The molecule has 82 valence electrons. The quantitative estimate of drug-likeness (QED) is 0.691. The monoisotopic (exact) mass is 198 g/mol. The fourth-order valence-electron chi connectivity index (χ4n) is 2.48. The average Bonchev–Trinajstić information content (AvgIpc) is 2.19. The molecule has 2 fully saturated rings. The van der Waals surface area contributed by atoms with E-state index in [0.717, 1.165) is 19.3 Å². The normalized spacial score (nSPS) is 35.8. The van der Waals surface area contributed by atoms with E-state index in [1.165, 1.54) is 32.2 Å². The Balaban J connectivity index is 1.72. The molecular weight excluding hydrogens is 176 g/mol. The van der Waals surface area contributed by atoms with Crippen molar-refractivity contribution in [2.45, 2.75) is 50.7 Å². The third-order valence-corrected chi connectivity index (χ3v) is 3.32. The SMILES string of the molecule is CC1CC(NC2CCOCC2)CCN1. The first-order valence-corrected chi connectivity index (χ1v) is 5.92.